The van der Waals surface area contributed by atoms with E-state index in [9.17, 15) is 15.0 Å². The molecule has 5 N–H and O–H groups in total. The third kappa shape index (κ3) is 4.42. The summed E-state index contributed by atoms with van der Waals surface area (Å²) >= 11 is 0. The van der Waals surface area contributed by atoms with Crippen LogP contribution in [-0.4, -0.2) is 28.8 Å². The second kappa shape index (κ2) is 6.22. The monoisotopic (exact) mass is 238 g/mol. The van der Waals surface area contributed by atoms with Crippen LogP contribution in [0, 0.1) is 0 Å². The minimum absolute atomic E-state index is 0.157. The van der Waals surface area contributed by atoms with E-state index in [1.165, 1.54) is 6.92 Å². The zero-order chi connectivity index (χ0) is 12.8. The largest absolute Gasteiger partial charge is 0.399 e. The minimum Gasteiger partial charge on any atom is -0.399 e. The molecule has 0 aliphatic rings. The molecule has 0 aliphatic carbocycles. The van der Waals surface area contributed by atoms with Gasteiger partial charge in [-0.3, -0.25) is 4.79 Å². The number of hydrogen-bond donors (Lipinski definition) is 4. The fourth-order valence-corrected chi connectivity index (χ4v) is 1.52. The lowest BCUT2D eigenvalue weighted by Gasteiger charge is -2.18. The van der Waals surface area contributed by atoms with Crippen LogP contribution in [0.1, 0.15) is 25.0 Å². The van der Waals surface area contributed by atoms with Crippen LogP contribution in [0.3, 0.4) is 0 Å². The Morgan fingerprint density at radius 1 is 1.47 bits per heavy atom. The highest BCUT2D eigenvalue weighted by Crippen LogP contribution is 2.20. The molecule has 0 aliphatic heterocycles. The van der Waals surface area contributed by atoms with Crippen LogP contribution >= 0.6 is 0 Å². The molecule has 0 heterocycles. The van der Waals surface area contributed by atoms with Gasteiger partial charge in [-0.05, 0) is 24.1 Å². The van der Waals surface area contributed by atoms with Crippen LogP contribution in [0.15, 0.2) is 24.3 Å². The standard InChI is InChI=1S/C12H18N2O3/c1-8(15)14-6-5-11(16)12(17)9-3-2-4-10(13)7-9/h2-4,7,11-12,16-17H,5-6,13H2,1H3,(H,14,15). The van der Waals surface area contributed by atoms with E-state index in [1.807, 2.05) is 0 Å². The van der Waals surface area contributed by atoms with Gasteiger partial charge in [-0.2, -0.15) is 0 Å². The lowest BCUT2D eigenvalue weighted by atomic mass is 10.0. The van der Waals surface area contributed by atoms with Crippen molar-refractivity contribution in [2.45, 2.75) is 25.6 Å². The molecular formula is C12H18N2O3. The molecule has 1 rings (SSSR count). The highest BCUT2D eigenvalue weighted by atomic mass is 16.3. The van der Waals surface area contributed by atoms with E-state index in [4.69, 9.17) is 5.73 Å². The van der Waals surface area contributed by atoms with E-state index in [0.29, 0.717) is 17.8 Å². The Hall–Kier alpha value is -1.59. The number of aliphatic hydroxyl groups is 2. The maximum atomic E-state index is 10.6. The molecule has 1 aromatic carbocycles. The van der Waals surface area contributed by atoms with Gasteiger partial charge in [-0.25, -0.2) is 0 Å². The number of amides is 1. The van der Waals surface area contributed by atoms with Crippen molar-refractivity contribution in [3.8, 4) is 0 Å². The fourth-order valence-electron chi connectivity index (χ4n) is 1.52. The van der Waals surface area contributed by atoms with E-state index >= 15 is 0 Å². The lowest BCUT2D eigenvalue weighted by molar-refractivity contribution is -0.119. The smallest absolute Gasteiger partial charge is 0.216 e. The molecule has 2 atom stereocenters. The van der Waals surface area contributed by atoms with Crippen LogP contribution in [-0.2, 0) is 4.79 Å². The normalized spacial score (nSPS) is 14.1. The van der Waals surface area contributed by atoms with Crippen LogP contribution in [0.4, 0.5) is 5.69 Å². The SMILES string of the molecule is CC(=O)NCCC(O)C(O)c1cccc(N)c1. The Kier molecular flexibility index (Phi) is 4.93. The second-order valence-corrected chi connectivity index (χ2v) is 3.95. The number of hydrogen-bond acceptors (Lipinski definition) is 4. The van der Waals surface area contributed by atoms with Crippen molar-refractivity contribution >= 4 is 11.6 Å². The maximum Gasteiger partial charge on any atom is 0.216 e. The highest BCUT2D eigenvalue weighted by molar-refractivity contribution is 5.72. The average molecular weight is 238 g/mol. The molecule has 0 saturated carbocycles. The topological polar surface area (TPSA) is 95.6 Å². The Morgan fingerprint density at radius 3 is 2.76 bits per heavy atom. The van der Waals surface area contributed by atoms with Crippen molar-refractivity contribution in [2.75, 3.05) is 12.3 Å². The number of anilines is 1. The van der Waals surface area contributed by atoms with Crippen molar-refractivity contribution in [3.63, 3.8) is 0 Å². The summed E-state index contributed by atoms with van der Waals surface area (Å²) in [5, 5.41) is 22.2. The first-order valence-corrected chi connectivity index (χ1v) is 5.46. The second-order valence-electron chi connectivity index (χ2n) is 3.95. The molecule has 0 aromatic heterocycles. The number of nitrogen functional groups attached to an aromatic ring is 1. The van der Waals surface area contributed by atoms with E-state index in [1.54, 1.807) is 24.3 Å². The molecule has 2 unspecified atom stereocenters. The Morgan fingerprint density at radius 2 is 2.18 bits per heavy atom. The number of aliphatic hydroxyl groups excluding tert-OH is 2. The van der Waals surface area contributed by atoms with Crippen LogP contribution in [0.25, 0.3) is 0 Å². The maximum absolute atomic E-state index is 10.6. The zero-order valence-electron chi connectivity index (χ0n) is 9.76. The summed E-state index contributed by atoms with van der Waals surface area (Å²) in [7, 11) is 0. The van der Waals surface area contributed by atoms with Gasteiger partial charge in [0.15, 0.2) is 0 Å². The van der Waals surface area contributed by atoms with Gasteiger partial charge in [0.1, 0.15) is 6.10 Å². The Labute approximate surface area is 100 Å². The van der Waals surface area contributed by atoms with Gasteiger partial charge < -0.3 is 21.3 Å². The van der Waals surface area contributed by atoms with Gasteiger partial charge in [0.2, 0.25) is 5.91 Å². The predicted octanol–water partition coefficient (Wildman–Crippen LogP) is 0.189. The van der Waals surface area contributed by atoms with E-state index in [2.05, 4.69) is 5.32 Å². The van der Waals surface area contributed by atoms with Gasteiger partial charge in [0.05, 0.1) is 6.10 Å². The quantitative estimate of drug-likeness (QED) is 0.551. The number of nitrogens with one attached hydrogen (secondary N) is 1. The van der Waals surface area contributed by atoms with Crippen molar-refractivity contribution < 1.29 is 15.0 Å². The highest BCUT2D eigenvalue weighted by Gasteiger charge is 2.18. The third-order valence-corrected chi connectivity index (χ3v) is 2.43. The zero-order valence-corrected chi connectivity index (χ0v) is 9.76. The summed E-state index contributed by atoms with van der Waals surface area (Å²) in [6.45, 7) is 1.73. The first kappa shape index (κ1) is 13.5. The Balaban J connectivity index is 2.51. The van der Waals surface area contributed by atoms with Crippen molar-refractivity contribution in [2.24, 2.45) is 0 Å². The molecule has 5 nitrogen and oxygen atoms in total. The van der Waals surface area contributed by atoms with E-state index in [0.717, 1.165) is 0 Å². The molecule has 94 valence electrons. The van der Waals surface area contributed by atoms with Gasteiger partial charge in [0.25, 0.3) is 0 Å². The third-order valence-electron chi connectivity index (χ3n) is 2.43. The Bertz CT molecular complexity index is 382. The molecule has 17 heavy (non-hydrogen) atoms. The van der Waals surface area contributed by atoms with Gasteiger partial charge >= 0.3 is 0 Å². The van der Waals surface area contributed by atoms with Crippen molar-refractivity contribution in [1.82, 2.24) is 5.32 Å². The number of rotatable bonds is 5. The summed E-state index contributed by atoms with van der Waals surface area (Å²) in [4.78, 5) is 10.6. The van der Waals surface area contributed by atoms with Gasteiger partial charge in [0, 0.05) is 19.2 Å². The van der Waals surface area contributed by atoms with Crippen molar-refractivity contribution in [1.29, 1.82) is 0 Å². The van der Waals surface area contributed by atoms with Gasteiger partial charge in [-0.1, -0.05) is 12.1 Å². The van der Waals surface area contributed by atoms with E-state index in [-0.39, 0.29) is 12.3 Å². The summed E-state index contributed by atoms with van der Waals surface area (Å²) < 4.78 is 0. The fraction of sp³-hybridized carbons (Fsp3) is 0.417. The first-order chi connectivity index (χ1) is 8.00. The number of carbonyl (C=O) groups excluding carboxylic acids is 1. The summed E-state index contributed by atoms with van der Waals surface area (Å²) in [6.07, 6.45) is -1.63. The molecule has 0 spiro atoms. The molecule has 1 amide bonds. The average Bonchev–Trinajstić information content (AvgIpc) is 2.27. The summed E-state index contributed by atoms with van der Waals surface area (Å²) in [5.41, 5.74) is 6.69. The molecular weight excluding hydrogens is 220 g/mol. The molecule has 0 bridgehead atoms. The van der Waals surface area contributed by atoms with Crippen LogP contribution in [0.2, 0.25) is 0 Å². The molecule has 1 aromatic rings. The number of nitrogens with two attached hydrogens (primary N) is 1. The molecule has 0 radical (unpaired) electrons. The summed E-state index contributed by atoms with van der Waals surface area (Å²) in [5.74, 6) is -0.157. The van der Waals surface area contributed by atoms with Gasteiger partial charge in [-0.15, -0.1) is 0 Å². The predicted molar refractivity (Wildman–Crippen MR) is 65.1 cm³/mol. The first-order valence-electron chi connectivity index (χ1n) is 5.46. The van der Waals surface area contributed by atoms with Crippen LogP contribution < -0.4 is 11.1 Å². The van der Waals surface area contributed by atoms with E-state index < -0.39 is 12.2 Å². The summed E-state index contributed by atoms with van der Waals surface area (Å²) in [6, 6.07) is 6.74. The number of carbonyl (C=O) groups is 1. The number of benzene rings is 1. The molecule has 0 saturated heterocycles. The minimum atomic E-state index is -0.993. The van der Waals surface area contributed by atoms with Crippen LogP contribution in [0.5, 0.6) is 0 Å². The molecule has 5 heteroatoms. The lowest BCUT2D eigenvalue weighted by Crippen LogP contribution is -2.27. The molecule has 0 fully saturated rings. The van der Waals surface area contributed by atoms with Crippen molar-refractivity contribution in [3.05, 3.63) is 29.8 Å².